The Balaban J connectivity index is 1.65. The van der Waals surface area contributed by atoms with E-state index in [4.69, 9.17) is 15.6 Å². The lowest BCUT2D eigenvalue weighted by molar-refractivity contribution is -0.138. The van der Waals surface area contributed by atoms with Crippen LogP contribution in [0, 0.1) is 0 Å². The molecule has 2 aromatic rings. The Kier molecular flexibility index (Phi) is 9.83. The van der Waals surface area contributed by atoms with E-state index >= 15 is 0 Å². The number of hydrogen-bond donors (Lipinski definition) is 5. The van der Waals surface area contributed by atoms with Gasteiger partial charge in [-0.25, -0.2) is 4.79 Å². The number of carbonyl (C=O) groups excluding carboxylic acids is 1. The topological polar surface area (TPSA) is 139 Å². The number of aromatic nitrogens is 1. The maximum absolute atomic E-state index is 11.8. The molecule has 0 aliphatic carbocycles. The number of nitrogens with one attached hydrogen (secondary N) is 3. The van der Waals surface area contributed by atoms with E-state index in [1.807, 2.05) is 24.3 Å². The zero-order valence-corrected chi connectivity index (χ0v) is 18.2. The highest BCUT2D eigenvalue weighted by atomic mass is 16.5. The van der Waals surface area contributed by atoms with Crippen molar-refractivity contribution in [3.63, 3.8) is 0 Å². The van der Waals surface area contributed by atoms with E-state index in [0.717, 1.165) is 35.2 Å². The van der Waals surface area contributed by atoms with Crippen molar-refractivity contribution in [2.45, 2.75) is 51.1 Å². The number of aliphatic carboxylic acids is 1. The molecule has 0 bridgehead atoms. The molecule has 0 spiro atoms. The molecule has 9 heteroatoms. The molecule has 9 nitrogen and oxygen atoms in total. The average molecular weight is 432 g/mol. The van der Waals surface area contributed by atoms with Crippen LogP contribution in [0.3, 0.4) is 0 Å². The monoisotopic (exact) mass is 431 g/mol. The van der Waals surface area contributed by atoms with E-state index in [2.05, 4.69) is 27.9 Å². The lowest BCUT2D eigenvalue weighted by Crippen LogP contribution is -2.37. The van der Waals surface area contributed by atoms with Crippen molar-refractivity contribution < 1.29 is 19.4 Å². The first-order valence-corrected chi connectivity index (χ1v) is 10.6. The van der Waals surface area contributed by atoms with Gasteiger partial charge in [-0.15, -0.1) is 0 Å². The summed E-state index contributed by atoms with van der Waals surface area (Å²) in [6, 6.07) is 6.95. The van der Waals surface area contributed by atoms with Crippen LogP contribution in [0.25, 0.3) is 10.9 Å². The van der Waals surface area contributed by atoms with Gasteiger partial charge in [0.25, 0.3) is 0 Å². The lowest BCUT2D eigenvalue weighted by atomic mass is 10.1. The number of pyridine rings is 1. The minimum Gasteiger partial charge on any atom is -0.497 e. The summed E-state index contributed by atoms with van der Waals surface area (Å²) < 4.78 is 5.38. The molecule has 0 saturated heterocycles. The van der Waals surface area contributed by atoms with Gasteiger partial charge in [-0.1, -0.05) is 6.07 Å². The van der Waals surface area contributed by atoms with E-state index in [9.17, 15) is 9.59 Å². The van der Waals surface area contributed by atoms with E-state index in [0.29, 0.717) is 32.4 Å². The number of anilines is 1. The minimum atomic E-state index is -0.995. The molecule has 0 radical (unpaired) electrons. The fourth-order valence-electron chi connectivity index (χ4n) is 3.22. The number of fused-ring (bicyclic) bond motifs is 1. The summed E-state index contributed by atoms with van der Waals surface area (Å²) in [6.45, 7) is 3.15. The van der Waals surface area contributed by atoms with Gasteiger partial charge in [0.15, 0.2) is 0 Å². The Morgan fingerprint density at radius 2 is 1.90 bits per heavy atom. The number of nitrogens with zero attached hydrogens (tertiary/aromatic N) is 1. The third-order valence-corrected chi connectivity index (χ3v) is 4.96. The summed E-state index contributed by atoms with van der Waals surface area (Å²) in [5.41, 5.74) is 7.27. The predicted molar refractivity (Wildman–Crippen MR) is 121 cm³/mol. The van der Waals surface area contributed by atoms with Gasteiger partial charge in [0.05, 0.1) is 18.3 Å². The van der Waals surface area contributed by atoms with Crippen LogP contribution >= 0.6 is 0 Å². The Bertz CT molecular complexity index is 861. The zero-order chi connectivity index (χ0) is 22.6. The maximum atomic E-state index is 11.8. The Labute approximate surface area is 182 Å². The number of unbranched alkanes of at least 4 members (excludes halogenated alkanes) is 1. The number of ether oxygens (including phenoxy) is 1. The molecule has 1 heterocycles. The molecular weight excluding hydrogens is 398 g/mol. The Morgan fingerprint density at radius 1 is 1.16 bits per heavy atom. The molecular formula is C22H33N5O4. The second-order valence-electron chi connectivity index (χ2n) is 7.56. The van der Waals surface area contributed by atoms with Crippen LogP contribution in [-0.2, 0) is 4.79 Å². The SMILES string of the molecule is COc1cc(NC(C)CCCNC(=O)NCCCC[C@H](N)C(=O)O)c2ncccc2c1. The van der Waals surface area contributed by atoms with E-state index in [1.54, 1.807) is 13.3 Å². The van der Waals surface area contributed by atoms with Gasteiger partial charge in [-0.2, -0.15) is 0 Å². The molecule has 2 atom stereocenters. The number of rotatable bonds is 13. The van der Waals surface area contributed by atoms with Gasteiger partial charge in [-0.05, 0) is 51.2 Å². The van der Waals surface area contributed by atoms with E-state index in [1.165, 1.54) is 0 Å². The summed E-state index contributed by atoms with van der Waals surface area (Å²) in [5.74, 6) is -0.219. The molecule has 0 fully saturated rings. The highest BCUT2D eigenvalue weighted by molar-refractivity contribution is 5.91. The van der Waals surface area contributed by atoms with Crippen LogP contribution < -0.4 is 26.4 Å². The minimum absolute atomic E-state index is 0.195. The highest BCUT2D eigenvalue weighted by Crippen LogP contribution is 2.28. The standard InChI is InChI=1S/C22H33N5O4/c1-15(27-19-14-17(31-2)13-16-8-6-11-24-20(16)19)7-5-12-26-22(30)25-10-4-3-9-18(23)21(28)29/h6,8,11,13-15,18,27H,3-5,7,9-10,12,23H2,1-2H3,(H,28,29)(H2,25,26,30)/t15?,18-/m0/s1. The Hall–Kier alpha value is -3.07. The number of amides is 2. The number of benzene rings is 1. The van der Waals surface area contributed by atoms with Crippen molar-refractivity contribution >= 4 is 28.6 Å². The van der Waals surface area contributed by atoms with E-state index < -0.39 is 12.0 Å². The van der Waals surface area contributed by atoms with Gasteiger partial charge in [0.1, 0.15) is 11.8 Å². The second kappa shape index (κ2) is 12.6. The summed E-state index contributed by atoms with van der Waals surface area (Å²) in [5, 5.41) is 18.8. The van der Waals surface area contributed by atoms with Gasteiger partial charge in [0.2, 0.25) is 0 Å². The van der Waals surface area contributed by atoms with Crippen LogP contribution in [0.1, 0.15) is 39.0 Å². The van der Waals surface area contributed by atoms with Crippen LogP contribution in [0.4, 0.5) is 10.5 Å². The summed E-state index contributed by atoms with van der Waals surface area (Å²) in [7, 11) is 1.65. The molecule has 31 heavy (non-hydrogen) atoms. The number of nitrogens with two attached hydrogens (primary N) is 1. The van der Waals surface area contributed by atoms with E-state index in [-0.39, 0.29) is 12.1 Å². The lowest BCUT2D eigenvalue weighted by Gasteiger charge is -2.17. The first-order valence-electron chi connectivity index (χ1n) is 10.6. The largest absolute Gasteiger partial charge is 0.497 e. The van der Waals surface area contributed by atoms with Crippen molar-refractivity contribution in [2.24, 2.45) is 5.73 Å². The molecule has 1 aromatic heterocycles. The fraction of sp³-hybridized carbons (Fsp3) is 0.500. The first-order chi connectivity index (χ1) is 14.9. The van der Waals surface area contributed by atoms with Gasteiger partial charge in [-0.3, -0.25) is 9.78 Å². The molecule has 1 unspecified atom stereocenters. The first kappa shape index (κ1) is 24.2. The van der Waals surface area contributed by atoms with Crippen molar-refractivity contribution in [3.8, 4) is 5.75 Å². The Morgan fingerprint density at radius 3 is 2.61 bits per heavy atom. The molecule has 1 aromatic carbocycles. The highest BCUT2D eigenvalue weighted by Gasteiger charge is 2.11. The fourth-order valence-corrected chi connectivity index (χ4v) is 3.22. The summed E-state index contributed by atoms with van der Waals surface area (Å²) >= 11 is 0. The smallest absolute Gasteiger partial charge is 0.320 e. The maximum Gasteiger partial charge on any atom is 0.320 e. The molecule has 2 rings (SSSR count). The predicted octanol–water partition coefficient (Wildman–Crippen LogP) is 2.71. The third kappa shape index (κ3) is 8.29. The quantitative estimate of drug-likeness (QED) is 0.307. The number of methoxy groups -OCH3 is 1. The molecule has 2 amide bonds. The van der Waals surface area contributed by atoms with Crippen LogP contribution in [0.2, 0.25) is 0 Å². The molecule has 0 saturated carbocycles. The van der Waals surface area contributed by atoms with Crippen molar-refractivity contribution in [3.05, 3.63) is 30.5 Å². The zero-order valence-electron chi connectivity index (χ0n) is 18.2. The van der Waals surface area contributed by atoms with Gasteiger partial charge < -0.3 is 31.5 Å². The summed E-state index contributed by atoms with van der Waals surface area (Å²) in [6.07, 6.45) is 5.22. The van der Waals surface area contributed by atoms with Crippen LogP contribution in [-0.4, -0.2) is 54.4 Å². The van der Waals surface area contributed by atoms with Gasteiger partial charge in [0, 0.05) is 36.8 Å². The molecule has 0 aliphatic heterocycles. The summed E-state index contributed by atoms with van der Waals surface area (Å²) in [4.78, 5) is 26.9. The van der Waals surface area contributed by atoms with Crippen molar-refractivity contribution in [1.82, 2.24) is 15.6 Å². The number of carboxylic acid groups (broad SMARTS) is 1. The number of carboxylic acids is 1. The number of hydrogen-bond acceptors (Lipinski definition) is 6. The number of carbonyl (C=O) groups is 2. The second-order valence-corrected chi connectivity index (χ2v) is 7.56. The number of urea groups is 1. The molecule has 6 N–H and O–H groups in total. The normalized spacial score (nSPS) is 12.7. The van der Waals surface area contributed by atoms with Crippen LogP contribution in [0.5, 0.6) is 5.75 Å². The average Bonchev–Trinajstić information content (AvgIpc) is 2.76. The van der Waals surface area contributed by atoms with Crippen molar-refractivity contribution in [1.29, 1.82) is 0 Å². The van der Waals surface area contributed by atoms with Crippen molar-refractivity contribution in [2.75, 3.05) is 25.5 Å². The van der Waals surface area contributed by atoms with Crippen LogP contribution in [0.15, 0.2) is 30.5 Å². The third-order valence-electron chi connectivity index (χ3n) is 4.96. The van der Waals surface area contributed by atoms with Gasteiger partial charge >= 0.3 is 12.0 Å². The molecule has 170 valence electrons. The molecule has 0 aliphatic rings.